The van der Waals surface area contributed by atoms with E-state index in [2.05, 4.69) is 69.9 Å². The zero-order valence-corrected chi connectivity index (χ0v) is 14.6. The summed E-state index contributed by atoms with van der Waals surface area (Å²) in [6.07, 6.45) is 3.36. The van der Waals surface area contributed by atoms with E-state index in [0.29, 0.717) is 12.1 Å². The molecule has 1 aromatic heterocycles. The summed E-state index contributed by atoms with van der Waals surface area (Å²) in [6, 6.07) is 13.5. The van der Waals surface area contributed by atoms with Gasteiger partial charge in [0.1, 0.15) is 11.5 Å². The molecule has 0 fully saturated rings. The molecule has 0 amide bonds. The standard InChI is InChI=1S/C20H29NO/c1-6-7-13-19-18(21(15(2)3)16(4)5)14-20(22-19)17-11-9-8-10-12-17/h8-12,14-16H,6-7,13H2,1-5H3. The molecule has 0 N–H and O–H groups in total. The van der Waals surface area contributed by atoms with E-state index >= 15 is 0 Å². The van der Waals surface area contributed by atoms with E-state index in [0.717, 1.165) is 23.5 Å². The molecule has 1 heterocycles. The fraction of sp³-hybridized carbons (Fsp3) is 0.500. The zero-order valence-electron chi connectivity index (χ0n) is 14.6. The minimum Gasteiger partial charge on any atom is -0.459 e. The van der Waals surface area contributed by atoms with Crippen LogP contribution in [-0.2, 0) is 6.42 Å². The molecule has 120 valence electrons. The van der Waals surface area contributed by atoms with Gasteiger partial charge in [0.25, 0.3) is 0 Å². The first-order chi connectivity index (χ1) is 10.5. The number of anilines is 1. The first kappa shape index (κ1) is 16.7. The smallest absolute Gasteiger partial charge is 0.136 e. The SMILES string of the molecule is CCCCc1oc(-c2ccccc2)cc1N(C(C)C)C(C)C. The molecule has 0 aliphatic rings. The summed E-state index contributed by atoms with van der Waals surface area (Å²) in [5, 5.41) is 0. The van der Waals surface area contributed by atoms with Crippen LogP contribution in [0, 0.1) is 0 Å². The van der Waals surface area contributed by atoms with E-state index in [1.165, 1.54) is 18.5 Å². The third-order valence-electron chi connectivity index (χ3n) is 3.99. The molecule has 0 aliphatic heterocycles. The van der Waals surface area contributed by atoms with Crippen molar-refractivity contribution in [1.29, 1.82) is 0 Å². The Morgan fingerprint density at radius 3 is 2.18 bits per heavy atom. The molecule has 0 unspecified atom stereocenters. The highest BCUT2D eigenvalue weighted by molar-refractivity contribution is 5.66. The number of furan rings is 1. The fourth-order valence-corrected chi connectivity index (χ4v) is 3.05. The predicted octanol–water partition coefficient (Wildman–Crippen LogP) is 5.91. The lowest BCUT2D eigenvalue weighted by atomic mass is 10.1. The Bertz CT molecular complexity index is 561. The van der Waals surface area contributed by atoms with E-state index < -0.39 is 0 Å². The highest BCUT2D eigenvalue weighted by atomic mass is 16.3. The molecule has 0 aliphatic carbocycles. The van der Waals surface area contributed by atoms with Crippen molar-refractivity contribution in [2.45, 2.75) is 66.0 Å². The maximum Gasteiger partial charge on any atom is 0.136 e. The minimum atomic E-state index is 0.460. The van der Waals surface area contributed by atoms with Gasteiger partial charge in [-0.1, -0.05) is 43.7 Å². The second-order valence-electron chi connectivity index (χ2n) is 6.48. The van der Waals surface area contributed by atoms with Crippen molar-refractivity contribution >= 4 is 5.69 Å². The van der Waals surface area contributed by atoms with E-state index in [-0.39, 0.29) is 0 Å². The van der Waals surface area contributed by atoms with Gasteiger partial charge in [0.15, 0.2) is 0 Å². The molecule has 2 nitrogen and oxygen atoms in total. The highest BCUT2D eigenvalue weighted by Crippen LogP contribution is 2.34. The molecule has 0 bridgehead atoms. The average molecular weight is 299 g/mol. The maximum atomic E-state index is 6.24. The second-order valence-corrected chi connectivity index (χ2v) is 6.48. The Labute approximate surface area is 135 Å². The minimum absolute atomic E-state index is 0.460. The number of hydrogen-bond donors (Lipinski definition) is 0. The quantitative estimate of drug-likeness (QED) is 0.631. The lowest BCUT2D eigenvalue weighted by Gasteiger charge is -2.32. The summed E-state index contributed by atoms with van der Waals surface area (Å²) < 4.78 is 6.24. The summed E-state index contributed by atoms with van der Waals surface area (Å²) in [7, 11) is 0. The molecule has 2 aromatic rings. The van der Waals surface area contributed by atoms with E-state index in [9.17, 15) is 0 Å². The molecule has 0 radical (unpaired) electrons. The first-order valence-electron chi connectivity index (χ1n) is 8.51. The van der Waals surface area contributed by atoms with Gasteiger partial charge < -0.3 is 9.32 Å². The van der Waals surface area contributed by atoms with Crippen molar-refractivity contribution in [1.82, 2.24) is 0 Å². The lowest BCUT2D eigenvalue weighted by molar-refractivity contribution is 0.504. The van der Waals surface area contributed by atoms with Crippen molar-refractivity contribution in [3.8, 4) is 11.3 Å². The summed E-state index contributed by atoms with van der Waals surface area (Å²) in [5.41, 5.74) is 2.41. The van der Waals surface area contributed by atoms with Gasteiger partial charge in [0, 0.05) is 30.1 Å². The summed E-state index contributed by atoms with van der Waals surface area (Å²) in [4.78, 5) is 2.46. The Balaban J connectivity index is 2.44. The third-order valence-corrected chi connectivity index (χ3v) is 3.99. The molecular weight excluding hydrogens is 270 g/mol. The largest absolute Gasteiger partial charge is 0.459 e. The fourth-order valence-electron chi connectivity index (χ4n) is 3.05. The molecule has 0 saturated heterocycles. The van der Waals surface area contributed by atoms with Gasteiger partial charge >= 0.3 is 0 Å². The van der Waals surface area contributed by atoms with Crippen LogP contribution in [-0.4, -0.2) is 12.1 Å². The number of nitrogens with zero attached hydrogens (tertiary/aromatic N) is 1. The van der Waals surface area contributed by atoms with Crippen LogP contribution in [0.5, 0.6) is 0 Å². The van der Waals surface area contributed by atoms with E-state index in [4.69, 9.17) is 4.42 Å². The molecule has 2 rings (SSSR count). The number of hydrogen-bond acceptors (Lipinski definition) is 2. The number of aryl methyl sites for hydroxylation is 1. The highest BCUT2D eigenvalue weighted by Gasteiger charge is 2.22. The van der Waals surface area contributed by atoms with Gasteiger partial charge in [-0.2, -0.15) is 0 Å². The van der Waals surface area contributed by atoms with E-state index in [1.54, 1.807) is 0 Å². The van der Waals surface area contributed by atoms with Gasteiger partial charge in [0.2, 0.25) is 0 Å². The van der Waals surface area contributed by atoms with Crippen LogP contribution in [0.4, 0.5) is 5.69 Å². The van der Waals surface area contributed by atoms with Gasteiger partial charge in [-0.3, -0.25) is 0 Å². The van der Waals surface area contributed by atoms with Gasteiger partial charge in [-0.15, -0.1) is 0 Å². The molecule has 1 aromatic carbocycles. The van der Waals surface area contributed by atoms with Crippen LogP contribution in [0.1, 0.15) is 53.2 Å². The normalized spacial score (nSPS) is 11.4. The van der Waals surface area contributed by atoms with Crippen LogP contribution < -0.4 is 4.90 Å². The molecule has 0 spiro atoms. The van der Waals surface area contributed by atoms with Gasteiger partial charge in [-0.25, -0.2) is 0 Å². The Morgan fingerprint density at radius 1 is 1.00 bits per heavy atom. The molecule has 0 atom stereocenters. The van der Waals surface area contributed by atoms with Crippen LogP contribution in [0.15, 0.2) is 40.8 Å². The first-order valence-corrected chi connectivity index (χ1v) is 8.51. The van der Waals surface area contributed by atoms with Crippen molar-refractivity contribution < 1.29 is 4.42 Å². The number of benzene rings is 1. The summed E-state index contributed by atoms with van der Waals surface area (Å²) in [6.45, 7) is 11.2. The van der Waals surface area contributed by atoms with Crippen LogP contribution in [0.3, 0.4) is 0 Å². The maximum absolute atomic E-state index is 6.24. The zero-order chi connectivity index (χ0) is 16.1. The van der Waals surface area contributed by atoms with Crippen molar-refractivity contribution in [2.75, 3.05) is 4.90 Å². The molecule has 2 heteroatoms. The topological polar surface area (TPSA) is 16.4 Å². The monoisotopic (exact) mass is 299 g/mol. The lowest BCUT2D eigenvalue weighted by Crippen LogP contribution is -2.37. The van der Waals surface area contributed by atoms with Gasteiger partial charge in [-0.05, 0) is 34.1 Å². The predicted molar refractivity (Wildman–Crippen MR) is 95.5 cm³/mol. The van der Waals surface area contributed by atoms with E-state index in [1.807, 2.05) is 6.07 Å². The summed E-state index contributed by atoms with van der Waals surface area (Å²) in [5.74, 6) is 2.11. The Morgan fingerprint density at radius 2 is 1.64 bits per heavy atom. The van der Waals surface area contributed by atoms with Crippen LogP contribution in [0.25, 0.3) is 11.3 Å². The molecule has 22 heavy (non-hydrogen) atoms. The number of rotatable bonds is 7. The Kier molecular flexibility index (Phi) is 5.70. The van der Waals surface area contributed by atoms with Crippen molar-refractivity contribution in [3.05, 3.63) is 42.2 Å². The van der Waals surface area contributed by atoms with Crippen molar-refractivity contribution in [2.24, 2.45) is 0 Å². The second kappa shape index (κ2) is 7.53. The average Bonchev–Trinajstić information content (AvgIpc) is 2.89. The van der Waals surface area contributed by atoms with Crippen molar-refractivity contribution in [3.63, 3.8) is 0 Å². The number of unbranched alkanes of at least 4 members (excludes halogenated alkanes) is 1. The molecule has 0 saturated carbocycles. The third kappa shape index (κ3) is 3.73. The van der Waals surface area contributed by atoms with Gasteiger partial charge in [0.05, 0.1) is 5.69 Å². The van der Waals surface area contributed by atoms with Crippen LogP contribution >= 0.6 is 0 Å². The Hall–Kier alpha value is -1.70. The van der Waals surface area contributed by atoms with Crippen LogP contribution in [0.2, 0.25) is 0 Å². The molecular formula is C20H29NO. The summed E-state index contributed by atoms with van der Waals surface area (Å²) >= 11 is 0.